The third kappa shape index (κ3) is 4.59. The summed E-state index contributed by atoms with van der Waals surface area (Å²) >= 11 is 0. The van der Waals surface area contributed by atoms with Crippen molar-refractivity contribution in [3.05, 3.63) is 35.4 Å². The lowest BCUT2D eigenvalue weighted by Crippen LogP contribution is -2.48. The molecule has 1 heterocycles. The second-order valence-corrected chi connectivity index (χ2v) is 7.12. The maximum Gasteiger partial charge on any atom is 0.220 e. The summed E-state index contributed by atoms with van der Waals surface area (Å²) in [6, 6.07) is 10.3. The van der Waals surface area contributed by atoms with Crippen molar-refractivity contribution < 1.29 is 9.53 Å². The van der Waals surface area contributed by atoms with Crippen molar-refractivity contribution in [1.82, 2.24) is 10.2 Å². The monoisotopic (exact) mass is 341 g/mol. The largest absolute Gasteiger partial charge is 0.380 e. The van der Waals surface area contributed by atoms with Crippen LogP contribution in [0.15, 0.2) is 24.3 Å². The van der Waals surface area contributed by atoms with Gasteiger partial charge in [-0.15, -0.1) is 0 Å². The zero-order valence-electron chi connectivity index (χ0n) is 14.9. The van der Waals surface area contributed by atoms with Gasteiger partial charge in [-0.1, -0.05) is 12.1 Å². The molecule has 3 rings (SSSR count). The number of amides is 1. The molecule has 1 N–H and O–H groups in total. The van der Waals surface area contributed by atoms with Crippen LogP contribution in [0.4, 0.5) is 0 Å². The Morgan fingerprint density at radius 3 is 2.80 bits per heavy atom. The van der Waals surface area contributed by atoms with Gasteiger partial charge in [0.1, 0.15) is 0 Å². The van der Waals surface area contributed by atoms with E-state index in [9.17, 15) is 4.79 Å². The van der Waals surface area contributed by atoms with Crippen molar-refractivity contribution in [1.29, 1.82) is 5.26 Å². The number of hydrogen-bond donors (Lipinski definition) is 1. The summed E-state index contributed by atoms with van der Waals surface area (Å²) in [5.74, 6) is 0.128. The molecule has 3 atom stereocenters. The van der Waals surface area contributed by atoms with Crippen molar-refractivity contribution in [2.24, 2.45) is 0 Å². The SMILES string of the molecule is COC1CCN([C@H]2CCC[C@H]2NC(=O)CCc2ccc(C#N)cc2)C1. The van der Waals surface area contributed by atoms with Gasteiger partial charge in [0.15, 0.2) is 0 Å². The van der Waals surface area contributed by atoms with E-state index in [0.717, 1.165) is 37.9 Å². The molecule has 5 nitrogen and oxygen atoms in total. The molecular formula is C20H27N3O2. The van der Waals surface area contributed by atoms with Crippen LogP contribution in [0.2, 0.25) is 0 Å². The van der Waals surface area contributed by atoms with E-state index in [0.29, 0.717) is 30.6 Å². The molecular weight excluding hydrogens is 314 g/mol. The van der Waals surface area contributed by atoms with Crippen molar-refractivity contribution in [2.45, 2.75) is 56.7 Å². The van der Waals surface area contributed by atoms with Gasteiger partial charge in [0.2, 0.25) is 5.91 Å². The highest BCUT2D eigenvalue weighted by atomic mass is 16.5. The number of methoxy groups -OCH3 is 1. The Labute approximate surface area is 150 Å². The quantitative estimate of drug-likeness (QED) is 0.862. The first-order valence-electron chi connectivity index (χ1n) is 9.25. The molecule has 0 radical (unpaired) electrons. The highest BCUT2D eigenvalue weighted by molar-refractivity contribution is 5.76. The van der Waals surface area contributed by atoms with Crippen LogP contribution < -0.4 is 5.32 Å². The number of carbonyl (C=O) groups excluding carboxylic acids is 1. The van der Waals surface area contributed by atoms with Crippen molar-refractivity contribution >= 4 is 5.91 Å². The van der Waals surface area contributed by atoms with E-state index >= 15 is 0 Å². The molecule has 1 saturated carbocycles. The van der Waals surface area contributed by atoms with E-state index in [1.807, 2.05) is 12.1 Å². The number of nitrogens with one attached hydrogen (secondary N) is 1. The van der Waals surface area contributed by atoms with Gasteiger partial charge in [-0.25, -0.2) is 0 Å². The van der Waals surface area contributed by atoms with Gasteiger partial charge in [-0.2, -0.15) is 5.26 Å². The molecule has 0 spiro atoms. The fourth-order valence-electron chi connectivity index (χ4n) is 4.08. The molecule has 1 aromatic carbocycles. The second kappa shape index (κ2) is 8.46. The van der Waals surface area contributed by atoms with Gasteiger partial charge in [0, 0.05) is 38.7 Å². The van der Waals surface area contributed by atoms with Crippen LogP contribution in [0.25, 0.3) is 0 Å². The number of aryl methyl sites for hydroxylation is 1. The van der Waals surface area contributed by atoms with Crippen LogP contribution in [-0.4, -0.2) is 49.2 Å². The minimum absolute atomic E-state index is 0.128. The highest BCUT2D eigenvalue weighted by Crippen LogP contribution is 2.28. The Bertz CT molecular complexity index is 623. The number of nitriles is 1. The Balaban J connectivity index is 1.47. The highest BCUT2D eigenvalue weighted by Gasteiger charge is 2.36. The zero-order valence-corrected chi connectivity index (χ0v) is 14.9. The zero-order chi connectivity index (χ0) is 17.6. The molecule has 0 bridgehead atoms. The van der Waals surface area contributed by atoms with E-state index in [1.165, 1.54) is 6.42 Å². The summed E-state index contributed by atoms with van der Waals surface area (Å²) in [6.07, 6.45) is 6.05. The number of likely N-dealkylation sites (tertiary alicyclic amines) is 1. The fraction of sp³-hybridized carbons (Fsp3) is 0.600. The number of rotatable bonds is 6. The molecule has 2 aliphatic rings. The number of benzene rings is 1. The first-order chi connectivity index (χ1) is 12.2. The Hall–Kier alpha value is -1.90. The summed E-state index contributed by atoms with van der Waals surface area (Å²) in [5.41, 5.74) is 1.75. The Morgan fingerprint density at radius 1 is 1.32 bits per heavy atom. The minimum Gasteiger partial charge on any atom is -0.380 e. The van der Waals surface area contributed by atoms with Gasteiger partial charge in [0.05, 0.1) is 17.7 Å². The van der Waals surface area contributed by atoms with E-state index in [-0.39, 0.29) is 11.9 Å². The molecule has 1 saturated heterocycles. The first kappa shape index (κ1) is 17.9. The normalized spacial score (nSPS) is 26.5. The number of ether oxygens (including phenoxy) is 1. The third-order valence-corrected chi connectivity index (χ3v) is 5.53. The van der Waals surface area contributed by atoms with Crippen LogP contribution in [0.1, 0.15) is 43.2 Å². The summed E-state index contributed by atoms with van der Waals surface area (Å²) in [4.78, 5) is 14.9. The predicted molar refractivity (Wildman–Crippen MR) is 96.0 cm³/mol. The van der Waals surface area contributed by atoms with Crippen LogP contribution in [-0.2, 0) is 16.0 Å². The standard InChI is InChI=1S/C20H27N3O2/c1-25-17-11-12-23(14-17)19-4-2-3-18(19)22-20(24)10-9-15-5-7-16(13-21)8-6-15/h5-8,17-19H,2-4,9-12,14H2,1H3,(H,22,24)/t17?,18-,19+/m1/s1. The fourth-order valence-corrected chi connectivity index (χ4v) is 4.08. The molecule has 1 aliphatic heterocycles. The van der Waals surface area contributed by atoms with E-state index < -0.39 is 0 Å². The lowest BCUT2D eigenvalue weighted by atomic mass is 10.1. The Kier molecular flexibility index (Phi) is 6.06. The lowest BCUT2D eigenvalue weighted by molar-refractivity contribution is -0.122. The molecule has 2 fully saturated rings. The van der Waals surface area contributed by atoms with Gasteiger partial charge in [-0.05, 0) is 49.8 Å². The average molecular weight is 341 g/mol. The maximum atomic E-state index is 12.4. The van der Waals surface area contributed by atoms with Crippen molar-refractivity contribution in [2.75, 3.05) is 20.2 Å². The second-order valence-electron chi connectivity index (χ2n) is 7.12. The molecule has 1 aliphatic carbocycles. The van der Waals surface area contributed by atoms with Crippen LogP contribution in [0.5, 0.6) is 0 Å². The van der Waals surface area contributed by atoms with Crippen molar-refractivity contribution in [3.8, 4) is 6.07 Å². The van der Waals surface area contributed by atoms with E-state index in [1.54, 1.807) is 19.2 Å². The molecule has 1 unspecified atom stereocenters. The summed E-state index contributed by atoms with van der Waals surface area (Å²) < 4.78 is 5.47. The van der Waals surface area contributed by atoms with Crippen LogP contribution >= 0.6 is 0 Å². The summed E-state index contributed by atoms with van der Waals surface area (Å²) in [5, 5.41) is 12.1. The number of carbonyl (C=O) groups is 1. The summed E-state index contributed by atoms with van der Waals surface area (Å²) in [7, 11) is 1.78. The van der Waals surface area contributed by atoms with Gasteiger partial charge in [-0.3, -0.25) is 9.69 Å². The average Bonchev–Trinajstić information content (AvgIpc) is 3.29. The lowest BCUT2D eigenvalue weighted by Gasteiger charge is -2.30. The number of hydrogen-bond acceptors (Lipinski definition) is 4. The van der Waals surface area contributed by atoms with E-state index in [4.69, 9.17) is 10.00 Å². The predicted octanol–water partition coefficient (Wildman–Crippen LogP) is 2.25. The van der Waals surface area contributed by atoms with E-state index in [2.05, 4.69) is 16.3 Å². The van der Waals surface area contributed by atoms with Gasteiger partial charge < -0.3 is 10.1 Å². The first-order valence-corrected chi connectivity index (χ1v) is 9.25. The smallest absolute Gasteiger partial charge is 0.220 e. The molecule has 1 aromatic rings. The van der Waals surface area contributed by atoms with Crippen LogP contribution in [0.3, 0.4) is 0 Å². The molecule has 1 amide bonds. The van der Waals surface area contributed by atoms with Gasteiger partial charge >= 0.3 is 0 Å². The topological polar surface area (TPSA) is 65.4 Å². The maximum absolute atomic E-state index is 12.4. The minimum atomic E-state index is 0.128. The van der Waals surface area contributed by atoms with Crippen LogP contribution in [0, 0.1) is 11.3 Å². The van der Waals surface area contributed by atoms with Gasteiger partial charge in [0.25, 0.3) is 0 Å². The molecule has 5 heteroatoms. The molecule has 25 heavy (non-hydrogen) atoms. The van der Waals surface area contributed by atoms with Crippen molar-refractivity contribution in [3.63, 3.8) is 0 Å². The number of nitrogens with zero attached hydrogens (tertiary/aromatic N) is 2. The summed E-state index contributed by atoms with van der Waals surface area (Å²) in [6.45, 7) is 2.06. The molecule has 134 valence electrons. The Morgan fingerprint density at radius 2 is 2.12 bits per heavy atom. The third-order valence-electron chi connectivity index (χ3n) is 5.53. The molecule has 0 aromatic heterocycles.